The lowest BCUT2D eigenvalue weighted by Gasteiger charge is -2.08. The minimum absolute atomic E-state index is 0.0335. The van der Waals surface area contributed by atoms with Crippen LogP contribution in [0.1, 0.15) is 12.5 Å². The van der Waals surface area contributed by atoms with Gasteiger partial charge in [0.2, 0.25) is 5.91 Å². The molecule has 8 heteroatoms. The molecule has 1 aromatic heterocycles. The van der Waals surface area contributed by atoms with Crippen molar-refractivity contribution in [1.29, 1.82) is 0 Å². The molecule has 124 valence electrons. The van der Waals surface area contributed by atoms with Gasteiger partial charge < -0.3 is 5.32 Å². The number of amides is 1. The van der Waals surface area contributed by atoms with Gasteiger partial charge in [-0.05, 0) is 36.2 Å². The lowest BCUT2D eigenvalue weighted by molar-refractivity contribution is -0.113. The fourth-order valence-electron chi connectivity index (χ4n) is 2.35. The zero-order valence-corrected chi connectivity index (χ0v) is 14.5. The second-order valence-electron chi connectivity index (χ2n) is 5.25. The van der Waals surface area contributed by atoms with Gasteiger partial charge in [-0.25, -0.2) is 8.42 Å². The zero-order chi connectivity index (χ0) is 17.2. The van der Waals surface area contributed by atoms with E-state index in [4.69, 9.17) is 0 Å². The maximum Gasteiger partial charge on any atom is 0.239 e. The maximum absolute atomic E-state index is 12.5. The van der Waals surface area contributed by atoms with Crippen LogP contribution < -0.4 is 5.32 Å². The third kappa shape index (κ3) is 3.44. The summed E-state index contributed by atoms with van der Waals surface area (Å²) >= 11 is 0.944. The fraction of sp³-hybridized carbons (Fsp3) is 0.188. The molecule has 6 nitrogen and oxygen atoms in total. The summed E-state index contributed by atoms with van der Waals surface area (Å²) in [5.41, 5.74) is 2.47. The number of aromatic nitrogens is 2. The summed E-state index contributed by atoms with van der Waals surface area (Å²) in [4.78, 5) is 12.2. The predicted octanol–water partition coefficient (Wildman–Crippen LogP) is 2.67. The largest absolute Gasteiger partial charge is 0.325 e. The highest BCUT2D eigenvalue weighted by molar-refractivity contribution is 7.92. The van der Waals surface area contributed by atoms with Crippen LogP contribution in [-0.4, -0.2) is 28.8 Å². The Morgan fingerprint density at radius 3 is 2.75 bits per heavy atom. The van der Waals surface area contributed by atoms with Crippen LogP contribution in [0.15, 0.2) is 47.4 Å². The van der Waals surface area contributed by atoms with Gasteiger partial charge in [0.1, 0.15) is 16.8 Å². The lowest BCUT2D eigenvalue weighted by Crippen LogP contribution is -2.23. The van der Waals surface area contributed by atoms with Crippen molar-refractivity contribution in [3.8, 4) is 0 Å². The van der Waals surface area contributed by atoms with Crippen LogP contribution in [0.25, 0.3) is 11.0 Å². The van der Waals surface area contributed by atoms with Gasteiger partial charge in [-0.1, -0.05) is 25.1 Å². The highest BCUT2D eigenvalue weighted by Crippen LogP contribution is 2.22. The topological polar surface area (TPSA) is 89.0 Å². The van der Waals surface area contributed by atoms with Crippen molar-refractivity contribution in [2.24, 2.45) is 0 Å². The van der Waals surface area contributed by atoms with Crippen LogP contribution >= 0.6 is 11.7 Å². The summed E-state index contributed by atoms with van der Waals surface area (Å²) in [6.45, 7) is 2.01. The summed E-state index contributed by atoms with van der Waals surface area (Å²) in [6, 6.07) is 12.1. The van der Waals surface area contributed by atoms with Crippen molar-refractivity contribution in [2.45, 2.75) is 18.2 Å². The molecule has 1 N–H and O–H groups in total. The summed E-state index contributed by atoms with van der Waals surface area (Å²) < 4.78 is 33.1. The molecule has 24 heavy (non-hydrogen) atoms. The molecule has 0 saturated heterocycles. The molecule has 2 aromatic carbocycles. The normalized spacial score (nSPS) is 11.5. The summed E-state index contributed by atoms with van der Waals surface area (Å²) in [5.74, 6) is -1.22. The second kappa shape index (κ2) is 6.66. The number of nitrogens with zero attached hydrogens (tertiary/aromatic N) is 2. The molecule has 0 aliphatic carbocycles. The first-order valence-electron chi connectivity index (χ1n) is 7.32. The number of carbonyl (C=O) groups excluding carboxylic acids is 1. The Kier molecular flexibility index (Phi) is 4.59. The minimum atomic E-state index is -3.80. The summed E-state index contributed by atoms with van der Waals surface area (Å²) in [5, 5.41) is 2.63. The number of hydrogen-bond donors (Lipinski definition) is 1. The molecule has 1 amide bonds. The van der Waals surface area contributed by atoms with E-state index in [1.807, 2.05) is 25.1 Å². The van der Waals surface area contributed by atoms with Crippen molar-refractivity contribution in [1.82, 2.24) is 8.75 Å². The number of aryl methyl sites for hydroxylation is 1. The van der Waals surface area contributed by atoms with Gasteiger partial charge in [-0.2, -0.15) is 8.75 Å². The second-order valence-corrected chi connectivity index (χ2v) is 7.74. The Morgan fingerprint density at radius 1 is 1.17 bits per heavy atom. The zero-order valence-electron chi connectivity index (χ0n) is 12.9. The average molecular weight is 361 g/mol. The summed E-state index contributed by atoms with van der Waals surface area (Å²) in [7, 11) is -3.80. The molecule has 0 radical (unpaired) electrons. The molecule has 0 bridgehead atoms. The number of nitrogens with one attached hydrogen (secondary N) is 1. The number of sulfone groups is 1. The van der Waals surface area contributed by atoms with E-state index >= 15 is 0 Å². The smallest absolute Gasteiger partial charge is 0.239 e. The molecule has 0 saturated carbocycles. The number of hydrogen-bond acceptors (Lipinski definition) is 6. The van der Waals surface area contributed by atoms with E-state index in [0.29, 0.717) is 16.7 Å². The van der Waals surface area contributed by atoms with E-state index in [1.54, 1.807) is 18.2 Å². The van der Waals surface area contributed by atoms with Gasteiger partial charge in [0, 0.05) is 5.69 Å². The van der Waals surface area contributed by atoms with Crippen LogP contribution in [-0.2, 0) is 21.1 Å². The highest BCUT2D eigenvalue weighted by Gasteiger charge is 2.23. The lowest BCUT2D eigenvalue weighted by atomic mass is 10.1. The molecule has 0 atom stereocenters. The third-order valence-electron chi connectivity index (χ3n) is 3.52. The molecular formula is C16H15N3O3S2. The molecule has 1 heterocycles. The van der Waals surface area contributed by atoms with E-state index in [1.165, 1.54) is 6.07 Å². The molecular weight excluding hydrogens is 346 g/mol. The average Bonchev–Trinajstić information content (AvgIpc) is 3.02. The van der Waals surface area contributed by atoms with Crippen molar-refractivity contribution in [3.05, 3.63) is 48.0 Å². The van der Waals surface area contributed by atoms with Gasteiger partial charge in [-0.3, -0.25) is 4.79 Å². The Hall–Kier alpha value is -2.32. The van der Waals surface area contributed by atoms with Crippen molar-refractivity contribution >= 4 is 44.2 Å². The quantitative estimate of drug-likeness (QED) is 0.755. The fourth-order valence-corrected chi connectivity index (χ4v) is 4.26. The highest BCUT2D eigenvalue weighted by atomic mass is 32.2. The van der Waals surface area contributed by atoms with Crippen LogP contribution in [0.3, 0.4) is 0 Å². The Bertz CT molecular complexity index is 996. The molecule has 0 aliphatic heterocycles. The first kappa shape index (κ1) is 16.5. The molecule has 0 unspecified atom stereocenters. The third-order valence-corrected chi connectivity index (χ3v) is 5.71. The first-order chi connectivity index (χ1) is 11.5. The molecule has 3 aromatic rings. The van der Waals surface area contributed by atoms with Crippen LogP contribution in [0.4, 0.5) is 5.69 Å². The molecule has 0 spiro atoms. The molecule has 3 rings (SSSR count). The SMILES string of the molecule is CCc1cccc(NC(=O)CS(=O)(=O)c2cccc3nsnc23)c1. The van der Waals surface area contributed by atoms with E-state index in [0.717, 1.165) is 23.7 Å². The van der Waals surface area contributed by atoms with Crippen LogP contribution in [0.2, 0.25) is 0 Å². The van der Waals surface area contributed by atoms with E-state index in [-0.39, 0.29) is 4.90 Å². The van der Waals surface area contributed by atoms with E-state index in [9.17, 15) is 13.2 Å². The van der Waals surface area contributed by atoms with Gasteiger partial charge in [0.15, 0.2) is 9.84 Å². The van der Waals surface area contributed by atoms with Crippen LogP contribution in [0.5, 0.6) is 0 Å². The summed E-state index contributed by atoms with van der Waals surface area (Å²) in [6.07, 6.45) is 0.834. The van der Waals surface area contributed by atoms with Gasteiger partial charge in [-0.15, -0.1) is 0 Å². The number of anilines is 1. The molecule has 0 aliphatic rings. The van der Waals surface area contributed by atoms with Crippen molar-refractivity contribution in [2.75, 3.05) is 11.1 Å². The van der Waals surface area contributed by atoms with Crippen molar-refractivity contribution < 1.29 is 13.2 Å². The molecule has 0 fully saturated rings. The Balaban J connectivity index is 1.81. The Morgan fingerprint density at radius 2 is 1.96 bits per heavy atom. The van der Waals surface area contributed by atoms with E-state index < -0.39 is 21.5 Å². The van der Waals surface area contributed by atoms with Gasteiger partial charge in [0.25, 0.3) is 0 Å². The predicted molar refractivity (Wildman–Crippen MR) is 93.9 cm³/mol. The Labute approximate surface area is 143 Å². The van der Waals surface area contributed by atoms with Gasteiger partial charge >= 0.3 is 0 Å². The first-order valence-corrected chi connectivity index (χ1v) is 9.70. The monoisotopic (exact) mass is 361 g/mol. The number of benzene rings is 2. The van der Waals surface area contributed by atoms with E-state index in [2.05, 4.69) is 14.1 Å². The maximum atomic E-state index is 12.5. The van der Waals surface area contributed by atoms with Crippen LogP contribution in [0, 0.1) is 0 Å². The van der Waals surface area contributed by atoms with Gasteiger partial charge in [0.05, 0.1) is 16.6 Å². The number of rotatable bonds is 5. The standard InChI is InChI=1S/C16H15N3O3S2/c1-2-11-5-3-6-12(9-11)17-15(20)10-24(21,22)14-8-4-7-13-16(14)19-23-18-13/h3-9H,2,10H2,1H3,(H,17,20). The minimum Gasteiger partial charge on any atom is -0.325 e. The number of fused-ring (bicyclic) bond motifs is 1. The van der Waals surface area contributed by atoms with Crippen molar-refractivity contribution in [3.63, 3.8) is 0 Å². The number of carbonyl (C=O) groups is 1.